The Morgan fingerprint density at radius 3 is 1.89 bits per heavy atom. The van der Waals surface area contributed by atoms with Crippen molar-refractivity contribution in [2.24, 2.45) is 0 Å². The SMILES string of the molecule is O=C(C1CC(c2ccc(C(F)(F)F)cc2)N(C(c2ccccc2)c2ccccc2)O1)N1CCCCC1. The summed E-state index contributed by atoms with van der Waals surface area (Å²) in [6, 6.07) is 24.2. The number of benzene rings is 3. The maximum Gasteiger partial charge on any atom is 0.416 e. The van der Waals surface area contributed by atoms with Crippen LogP contribution in [0.25, 0.3) is 0 Å². The molecule has 0 spiro atoms. The first-order valence-electron chi connectivity index (χ1n) is 12.4. The van der Waals surface area contributed by atoms with Gasteiger partial charge in [-0.05, 0) is 48.1 Å². The van der Waals surface area contributed by atoms with Gasteiger partial charge in [0.1, 0.15) is 0 Å². The fraction of sp³-hybridized carbons (Fsp3) is 0.345. The summed E-state index contributed by atoms with van der Waals surface area (Å²) in [5, 5.41) is 1.82. The van der Waals surface area contributed by atoms with Crippen molar-refractivity contribution in [2.75, 3.05) is 13.1 Å². The summed E-state index contributed by atoms with van der Waals surface area (Å²) in [5.74, 6) is -0.0472. The highest BCUT2D eigenvalue weighted by Gasteiger charge is 2.44. The average molecular weight is 495 g/mol. The number of piperidine rings is 1. The zero-order chi connectivity index (χ0) is 25.1. The zero-order valence-electron chi connectivity index (χ0n) is 19.9. The lowest BCUT2D eigenvalue weighted by Gasteiger charge is -2.33. The molecule has 7 heteroatoms. The van der Waals surface area contributed by atoms with E-state index in [2.05, 4.69) is 0 Å². The van der Waals surface area contributed by atoms with Crippen LogP contribution in [0.4, 0.5) is 13.2 Å². The Bertz CT molecular complexity index is 1110. The van der Waals surface area contributed by atoms with Gasteiger partial charge in [-0.3, -0.25) is 9.63 Å². The Morgan fingerprint density at radius 1 is 0.806 bits per heavy atom. The van der Waals surface area contributed by atoms with Gasteiger partial charge >= 0.3 is 6.18 Å². The number of hydrogen-bond acceptors (Lipinski definition) is 3. The maximum atomic E-state index is 13.4. The molecule has 2 saturated heterocycles. The van der Waals surface area contributed by atoms with Gasteiger partial charge in [0.2, 0.25) is 0 Å². The van der Waals surface area contributed by atoms with E-state index in [1.807, 2.05) is 70.6 Å². The third kappa shape index (κ3) is 5.18. The number of hydrogen-bond donors (Lipinski definition) is 0. The van der Waals surface area contributed by atoms with E-state index in [9.17, 15) is 18.0 Å². The Morgan fingerprint density at radius 2 is 1.36 bits per heavy atom. The second-order valence-electron chi connectivity index (χ2n) is 9.44. The number of rotatable bonds is 5. The molecule has 5 rings (SSSR count). The van der Waals surface area contributed by atoms with E-state index in [1.165, 1.54) is 12.1 Å². The van der Waals surface area contributed by atoms with E-state index in [1.54, 1.807) is 0 Å². The summed E-state index contributed by atoms with van der Waals surface area (Å²) in [6.45, 7) is 1.43. The Hall–Kier alpha value is -3.16. The van der Waals surface area contributed by atoms with Crippen molar-refractivity contribution in [3.63, 3.8) is 0 Å². The van der Waals surface area contributed by atoms with Gasteiger partial charge in [-0.25, -0.2) is 0 Å². The molecule has 2 fully saturated rings. The highest BCUT2D eigenvalue weighted by Crippen LogP contribution is 2.44. The van der Waals surface area contributed by atoms with Crippen LogP contribution >= 0.6 is 0 Å². The van der Waals surface area contributed by atoms with Crippen LogP contribution in [-0.4, -0.2) is 35.1 Å². The molecular weight excluding hydrogens is 465 g/mol. The standard InChI is InChI=1S/C29H29F3N2O2/c30-29(31,32)24-16-14-21(15-17-24)25-20-26(28(35)33-18-8-3-9-19-33)36-34(25)27(22-10-4-1-5-11-22)23-12-6-2-7-13-23/h1-2,4-7,10-17,25-27H,3,8-9,18-20H2. The first-order chi connectivity index (χ1) is 17.4. The Kier molecular flexibility index (Phi) is 7.12. The van der Waals surface area contributed by atoms with Gasteiger partial charge in [0, 0.05) is 19.5 Å². The molecule has 0 aliphatic carbocycles. The zero-order valence-corrected chi connectivity index (χ0v) is 19.9. The molecule has 188 valence electrons. The van der Waals surface area contributed by atoms with Gasteiger partial charge in [0.25, 0.3) is 5.91 Å². The first kappa shape index (κ1) is 24.5. The van der Waals surface area contributed by atoms with Crippen molar-refractivity contribution in [3.05, 3.63) is 107 Å². The molecule has 0 N–H and O–H groups in total. The number of hydroxylamine groups is 2. The first-order valence-corrected chi connectivity index (χ1v) is 12.4. The molecule has 2 unspecified atom stereocenters. The molecule has 2 aliphatic heterocycles. The van der Waals surface area contributed by atoms with Crippen LogP contribution < -0.4 is 0 Å². The number of carbonyl (C=O) groups excluding carboxylic acids is 1. The maximum absolute atomic E-state index is 13.4. The summed E-state index contributed by atoms with van der Waals surface area (Å²) in [7, 11) is 0. The lowest BCUT2D eigenvalue weighted by atomic mass is 9.94. The molecule has 0 aromatic heterocycles. The van der Waals surface area contributed by atoms with E-state index < -0.39 is 23.9 Å². The highest BCUT2D eigenvalue weighted by molar-refractivity contribution is 5.81. The smallest absolute Gasteiger partial charge is 0.340 e. The molecule has 0 radical (unpaired) electrons. The lowest BCUT2D eigenvalue weighted by molar-refractivity contribution is -0.194. The van der Waals surface area contributed by atoms with Crippen LogP contribution in [0.1, 0.15) is 60.0 Å². The van der Waals surface area contributed by atoms with Crippen molar-refractivity contribution in [1.29, 1.82) is 0 Å². The molecule has 3 aromatic rings. The number of halogens is 3. The highest BCUT2D eigenvalue weighted by atomic mass is 19.4. The molecule has 2 heterocycles. The molecule has 2 atom stereocenters. The average Bonchev–Trinajstić information content (AvgIpc) is 3.34. The molecule has 1 amide bonds. The second-order valence-corrected chi connectivity index (χ2v) is 9.44. The van der Waals surface area contributed by atoms with E-state index in [4.69, 9.17) is 4.84 Å². The topological polar surface area (TPSA) is 32.8 Å². The van der Waals surface area contributed by atoms with Gasteiger partial charge in [-0.2, -0.15) is 18.2 Å². The molecule has 0 saturated carbocycles. The number of nitrogens with zero attached hydrogens (tertiary/aromatic N) is 2. The van der Waals surface area contributed by atoms with Crippen LogP contribution in [0.15, 0.2) is 84.9 Å². The van der Waals surface area contributed by atoms with E-state index in [0.29, 0.717) is 25.1 Å². The van der Waals surface area contributed by atoms with Crippen LogP contribution in [0.5, 0.6) is 0 Å². The molecule has 2 aliphatic rings. The predicted molar refractivity (Wildman–Crippen MR) is 131 cm³/mol. The normalized spacial score (nSPS) is 21.2. The number of likely N-dealkylation sites (tertiary alicyclic amines) is 1. The minimum absolute atomic E-state index is 0.0472. The van der Waals surface area contributed by atoms with Crippen LogP contribution in [-0.2, 0) is 15.8 Å². The fourth-order valence-electron chi connectivity index (χ4n) is 5.21. The van der Waals surface area contributed by atoms with E-state index >= 15 is 0 Å². The third-order valence-electron chi connectivity index (χ3n) is 7.04. The van der Waals surface area contributed by atoms with Crippen molar-refractivity contribution in [3.8, 4) is 0 Å². The van der Waals surface area contributed by atoms with Gasteiger partial charge in [-0.15, -0.1) is 0 Å². The predicted octanol–water partition coefficient (Wildman–Crippen LogP) is 6.55. The number of carbonyl (C=O) groups is 1. The largest absolute Gasteiger partial charge is 0.416 e. The quantitative estimate of drug-likeness (QED) is 0.403. The fourth-order valence-corrected chi connectivity index (χ4v) is 5.21. The molecule has 4 nitrogen and oxygen atoms in total. The van der Waals surface area contributed by atoms with Crippen molar-refractivity contribution < 1.29 is 22.8 Å². The van der Waals surface area contributed by atoms with E-state index in [0.717, 1.165) is 42.5 Å². The van der Waals surface area contributed by atoms with Gasteiger partial charge in [-0.1, -0.05) is 72.8 Å². The summed E-state index contributed by atoms with van der Waals surface area (Å²) in [6.07, 6.45) is -1.67. The summed E-state index contributed by atoms with van der Waals surface area (Å²) in [5.41, 5.74) is 1.95. The van der Waals surface area contributed by atoms with Gasteiger partial charge in [0.05, 0.1) is 17.6 Å². The van der Waals surface area contributed by atoms with Crippen molar-refractivity contribution in [1.82, 2.24) is 9.96 Å². The summed E-state index contributed by atoms with van der Waals surface area (Å²) in [4.78, 5) is 21.7. The van der Waals surface area contributed by atoms with Gasteiger partial charge in [0.15, 0.2) is 6.10 Å². The Labute approximate surface area is 209 Å². The summed E-state index contributed by atoms with van der Waals surface area (Å²) >= 11 is 0. The summed E-state index contributed by atoms with van der Waals surface area (Å²) < 4.78 is 39.7. The second kappa shape index (κ2) is 10.4. The van der Waals surface area contributed by atoms with Crippen LogP contribution in [0, 0.1) is 0 Å². The van der Waals surface area contributed by atoms with E-state index in [-0.39, 0.29) is 11.9 Å². The van der Waals surface area contributed by atoms with Crippen molar-refractivity contribution in [2.45, 2.75) is 50.0 Å². The molecule has 3 aromatic carbocycles. The number of amides is 1. The minimum atomic E-state index is -4.41. The number of alkyl halides is 3. The molecule has 36 heavy (non-hydrogen) atoms. The van der Waals surface area contributed by atoms with Crippen molar-refractivity contribution >= 4 is 5.91 Å². The molecule has 0 bridgehead atoms. The van der Waals surface area contributed by atoms with Crippen LogP contribution in [0.3, 0.4) is 0 Å². The minimum Gasteiger partial charge on any atom is -0.340 e. The lowest BCUT2D eigenvalue weighted by Crippen LogP contribution is -2.42. The third-order valence-corrected chi connectivity index (χ3v) is 7.04. The van der Waals surface area contributed by atoms with Gasteiger partial charge < -0.3 is 4.90 Å². The molecular formula is C29H29F3N2O2. The van der Waals surface area contributed by atoms with Crippen LogP contribution in [0.2, 0.25) is 0 Å². The monoisotopic (exact) mass is 494 g/mol. The Balaban J connectivity index is 1.53.